The van der Waals surface area contributed by atoms with Crippen LogP contribution in [-0.4, -0.2) is 86.0 Å². The van der Waals surface area contributed by atoms with E-state index in [1.165, 1.54) is 18.9 Å². The molecule has 0 aliphatic carbocycles. The van der Waals surface area contributed by atoms with E-state index in [0.717, 1.165) is 11.1 Å². The summed E-state index contributed by atoms with van der Waals surface area (Å²) in [6.45, 7) is 4.13. The number of nitrogens with one attached hydrogen (secondary N) is 5. The van der Waals surface area contributed by atoms with Gasteiger partial charge in [-0.25, -0.2) is 9.59 Å². The van der Waals surface area contributed by atoms with Crippen molar-refractivity contribution in [2.75, 3.05) is 25.7 Å². The molecule has 0 saturated heterocycles. The van der Waals surface area contributed by atoms with Crippen molar-refractivity contribution in [3.8, 4) is 0 Å². The van der Waals surface area contributed by atoms with Crippen molar-refractivity contribution in [2.45, 2.75) is 83.1 Å². The molecule has 2 aromatic carbocycles. The number of rotatable bonds is 23. The number of ether oxygens (including phenoxy) is 2. The second kappa shape index (κ2) is 23.7. The molecule has 0 bridgehead atoms. The largest absolute Gasteiger partial charge is 0.467 e. The first kappa shape index (κ1) is 41.6. The molecule has 50 heavy (non-hydrogen) atoms. The summed E-state index contributed by atoms with van der Waals surface area (Å²) >= 11 is 1.54. The summed E-state index contributed by atoms with van der Waals surface area (Å²) in [5.41, 5.74) is 1.63. The monoisotopic (exact) mass is 713 g/mol. The highest BCUT2D eigenvalue weighted by Crippen LogP contribution is 2.10. The number of hydrogen-bond donors (Lipinski definition) is 5. The van der Waals surface area contributed by atoms with E-state index >= 15 is 0 Å². The van der Waals surface area contributed by atoms with Crippen molar-refractivity contribution in [2.24, 2.45) is 5.92 Å². The minimum absolute atomic E-state index is 0.0464. The average molecular weight is 714 g/mol. The zero-order chi connectivity index (χ0) is 36.7. The number of amides is 5. The van der Waals surface area contributed by atoms with Gasteiger partial charge in [0.15, 0.2) is 0 Å². The zero-order valence-corrected chi connectivity index (χ0v) is 30.1. The van der Waals surface area contributed by atoms with Crippen molar-refractivity contribution < 1.29 is 38.2 Å². The predicted molar refractivity (Wildman–Crippen MR) is 192 cm³/mol. The Morgan fingerprint density at radius 3 is 1.98 bits per heavy atom. The van der Waals surface area contributed by atoms with Crippen molar-refractivity contribution in [3.05, 3.63) is 71.8 Å². The molecule has 0 aromatic heterocycles. The normalized spacial score (nSPS) is 13.1. The zero-order valence-electron chi connectivity index (χ0n) is 29.3. The number of benzene rings is 2. The fourth-order valence-corrected chi connectivity index (χ4v) is 5.49. The highest BCUT2D eigenvalue weighted by Gasteiger charge is 2.30. The fraction of sp³-hybridized carbons (Fsp3) is 0.500. The van der Waals surface area contributed by atoms with Gasteiger partial charge in [0.2, 0.25) is 24.1 Å². The van der Waals surface area contributed by atoms with E-state index in [-0.39, 0.29) is 31.9 Å². The van der Waals surface area contributed by atoms with Gasteiger partial charge < -0.3 is 36.1 Å². The van der Waals surface area contributed by atoms with Gasteiger partial charge in [-0.3, -0.25) is 19.2 Å². The molecule has 0 aliphatic heterocycles. The maximum Gasteiger partial charge on any atom is 0.408 e. The third kappa shape index (κ3) is 16.2. The summed E-state index contributed by atoms with van der Waals surface area (Å²) in [5.74, 6) is -1.32. The van der Waals surface area contributed by atoms with Crippen LogP contribution in [-0.2, 0) is 46.5 Å². The van der Waals surface area contributed by atoms with Crippen molar-refractivity contribution in [1.82, 2.24) is 26.6 Å². The van der Waals surface area contributed by atoms with E-state index in [0.29, 0.717) is 37.8 Å². The van der Waals surface area contributed by atoms with Gasteiger partial charge >= 0.3 is 12.1 Å². The number of alkyl carbamates (subject to hydrolysis) is 1. The Kier molecular flexibility index (Phi) is 19.7. The summed E-state index contributed by atoms with van der Waals surface area (Å²) in [6, 6.07) is 14.8. The smallest absolute Gasteiger partial charge is 0.408 e. The Bertz CT molecular complexity index is 1350. The van der Waals surface area contributed by atoms with Crippen LogP contribution in [0.1, 0.15) is 57.1 Å². The summed E-state index contributed by atoms with van der Waals surface area (Å²) in [5, 5.41) is 13.5. The lowest BCUT2D eigenvalue weighted by Crippen LogP contribution is -2.57. The highest BCUT2D eigenvalue weighted by atomic mass is 32.2. The van der Waals surface area contributed by atoms with Gasteiger partial charge in [-0.15, -0.1) is 0 Å². The summed E-state index contributed by atoms with van der Waals surface area (Å²) in [6.07, 6.45) is 3.73. The first-order chi connectivity index (χ1) is 24.1. The Hall–Kier alpha value is -4.59. The van der Waals surface area contributed by atoms with E-state index in [9.17, 15) is 28.8 Å². The number of methoxy groups -OCH3 is 1. The molecule has 274 valence electrons. The molecule has 0 radical (unpaired) electrons. The number of unbranched alkanes of at least 4 members (excludes halogenated alkanes) is 1. The van der Waals surface area contributed by atoms with Crippen LogP contribution >= 0.6 is 11.8 Å². The molecular formula is C36H51N5O8S. The first-order valence-electron chi connectivity index (χ1n) is 16.7. The SMILES string of the molecule is COC(=O)C(CCCCNC(=O)C(Cc1ccccc1)NC(=O)C(CC(C)C)NC(=O)C(CCSC)NC=O)NC(=O)OCc1ccccc1. The highest BCUT2D eigenvalue weighted by molar-refractivity contribution is 7.98. The summed E-state index contributed by atoms with van der Waals surface area (Å²) in [4.78, 5) is 75.8. The van der Waals surface area contributed by atoms with E-state index in [4.69, 9.17) is 9.47 Å². The first-order valence-corrected chi connectivity index (χ1v) is 18.1. The number of esters is 1. The molecule has 4 unspecified atom stereocenters. The van der Waals surface area contributed by atoms with Gasteiger partial charge in [0.1, 0.15) is 30.8 Å². The van der Waals surface area contributed by atoms with Gasteiger partial charge in [-0.05, 0) is 61.2 Å². The van der Waals surface area contributed by atoms with Crippen LogP contribution in [0.2, 0.25) is 0 Å². The van der Waals surface area contributed by atoms with Crippen LogP contribution in [0.4, 0.5) is 4.79 Å². The molecule has 4 atom stereocenters. The van der Waals surface area contributed by atoms with Crippen molar-refractivity contribution >= 4 is 48.0 Å². The van der Waals surface area contributed by atoms with Gasteiger partial charge in [-0.1, -0.05) is 74.5 Å². The fourth-order valence-electron chi connectivity index (χ4n) is 5.02. The second-order valence-corrected chi connectivity index (χ2v) is 13.1. The van der Waals surface area contributed by atoms with Crippen LogP contribution in [0.25, 0.3) is 0 Å². The third-order valence-corrected chi connectivity index (χ3v) is 8.31. The van der Waals surface area contributed by atoms with Gasteiger partial charge in [0, 0.05) is 13.0 Å². The van der Waals surface area contributed by atoms with E-state index in [2.05, 4.69) is 26.6 Å². The molecule has 0 fully saturated rings. The molecule has 2 aromatic rings. The Morgan fingerprint density at radius 2 is 1.38 bits per heavy atom. The van der Waals surface area contributed by atoms with Crippen molar-refractivity contribution in [3.63, 3.8) is 0 Å². The number of hydrogen-bond acceptors (Lipinski definition) is 9. The van der Waals surface area contributed by atoms with E-state index in [1.54, 1.807) is 0 Å². The topological polar surface area (TPSA) is 181 Å². The Labute approximate surface area is 298 Å². The number of carbonyl (C=O) groups excluding carboxylic acids is 6. The van der Waals surface area contributed by atoms with Crippen LogP contribution in [0.5, 0.6) is 0 Å². The predicted octanol–water partition coefficient (Wildman–Crippen LogP) is 2.87. The minimum Gasteiger partial charge on any atom is -0.467 e. The van der Waals surface area contributed by atoms with Gasteiger partial charge in [0.05, 0.1) is 7.11 Å². The Morgan fingerprint density at radius 1 is 0.760 bits per heavy atom. The summed E-state index contributed by atoms with van der Waals surface area (Å²) in [7, 11) is 1.23. The van der Waals surface area contributed by atoms with Gasteiger partial charge in [-0.2, -0.15) is 11.8 Å². The molecule has 0 spiro atoms. The molecule has 14 heteroatoms. The molecule has 0 saturated carbocycles. The maximum atomic E-state index is 13.6. The molecule has 0 aliphatic rings. The third-order valence-electron chi connectivity index (χ3n) is 7.66. The lowest BCUT2D eigenvalue weighted by atomic mass is 10.0. The average Bonchev–Trinajstić information content (AvgIpc) is 3.11. The molecular weight excluding hydrogens is 662 g/mol. The lowest BCUT2D eigenvalue weighted by Gasteiger charge is -2.26. The lowest BCUT2D eigenvalue weighted by molar-refractivity contribution is -0.143. The molecule has 13 nitrogen and oxygen atoms in total. The van der Waals surface area contributed by atoms with Crippen molar-refractivity contribution in [1.29, 1.82) is 0 Å². The maximum absolute atomic E-state index is 13.6. The van der Waals surface area contributed by atoms with Crippen LogP contribution in [0.15, 0.2) is 60.7 Å². The molecule has 5 N–H and O–H groups in total. The minimum atomic E-state index is -0.944. The standard InChI is InChI=1S/C36H51N5O8S/c1-25(2)21-30(39-33(44)28(38-24-42)18-20-50-4)34(45)40-31(22-26-13-7-5-8-14-26)32(43)37-19-12-11-17-29(35(46)48-3)41-36(47)49-23-27-15-9-6-10-16-27/h5-10,13-16,24-25,28-31H,11-12,17-23H2,1-4H3,(H,37,43)(H,38,42)(H,39,44)(H,40,45)(H,41,47). The van der Waals surface area contributed by atoms with E-state index < -0.39 is 54.0 Å². The molecule has 2 rings (SSSR count). The summed E-state index contributed by atoms with van der Waals surface area (Å²) < 4.78 is 10.1. The van der Waals surface area contributed by atoms with Crippen LogP contribution < -0.4 is 26.6 Å². The molecule has 5 amide bonds. The van der Waals surface area contributed by atoms with Crippen LogP contribution in [0.3, 0.4) is 0 Å². The Balaban J connectivity index is 2.01. The molecule has 0 heterocycles. The quantitative estimate of drug-likeness (QED) is 0.0658. The number of thioether (sulfide) groups is 1. The second-order valence-electron chi connectivity index (χ2n) is 12.1. The van der Waals surface area contributed by atoms with Crippen LogP contribution in [0, 0.1) is 5.92 Å². The number of carbonyl (C=O) groups is 6. The van der Waals surface area contributed by atoms with E-state index in [1.807, 2.05) is 80.8 Å². The van der Waals surface area contributed by atoms with Gasteiger partial charge in [0.25, 0.3) is 0 Å².